The number of ether oxygens (including phenoxy) is 1. The van der Waals surface area contributed by atoms with E-state index in [1.165, 1.54) is 24.0 Å². The van der Waals surface area contributed by atoms with E-state index in [9.17, 15) is 4.79 Å². The summed E-state index contributed by atoms with van der Waals surface area (Å²) in [5.74, 6) is 0.785. The van der Waals surface area contributed by atoms with Gasteiger partial charge >= 0.3 is 0 Å². The van der Waals surface area contributed by atoms with E-state index in [1.807, 2.05) is 30.3 Å². The van der Waals surface area contributed by atoms with Crippen molar-refractivity contribution in [2.75, 3.05) is 6.61 Å². The van der Waals surface area contributed by atoms with Crippen LogP contribution in [0.4, 0.5) is 0 Å². The van der Waals surface area contributed by atoms with E-state index < -0.39 is 0 Å². The number of hydrogen-bond acceptors (Lipinski definition) is 2. The number of halogens is 1. The molecule has 3 rings (SSSR count). The molecule has 0 heterocycles. The monoisotopic (exact) mass is 344 g/mol. The molecule has 0 radical (unpaired) electrons. The molecule has 1 aliphatic rings. The van der Waals surface area contributed by atoms with Crippen molar-refractivity contribution in [2.24, 2.45) is 0 Å². The zero-order chi connectivity index (χ0) is 14.7. The van der Waals surface area contributed by atoms with Crippen molar-refractivity contribution in [3.05, 3.63) is 63.6 Å². The standard InChI is InChI=1S/C18H17BrO2/c19-16-7-3-6-15(10-16)18(20)12-21-17-9-8-13-4-1-2-5-14(13)11-17/h3,6-11H,1-2,4-5,12H2. The Morgan fingerprint density at radius 3 is 2.67 bits per heavy atom. The lowest BCUT2D eigenvalue weighted by atomic mass is 9.92. The maximum absolute atomic E-state index is 12.1. The smallest absolute Gasteiger partial charge is 0.200 e. The number of carbonyl (C=O) groups is 1. The fraction of sp³-hybridized carbons (Fsp3) is 0.278. The van der Waals surface area contributed by atoms with Crippen molar-refractivity contribution in [2.45, 2.75) is 25.7 Å². The van der Waals surface area contributed by atoms with Gasteiger partial charge in [0.2, 0.25) is 0 Å². The zero-order valence-electron chi connectivity index (χ0n) is 11.8. The van der Waals surface area contributed by atoms with Gasteiger partial charge in [-0.15, -0.1) is 0 Å². The molecule has 0 atom stereocenters. The summed E-state index contributed by atoms with van der Waals surface area (Å²) in [6.45, 7) is 0.0786. The fourth-order valence-electron chi connectivity index (χ4n) is 2.69. The van der Waals surface area contributed by atoms with Crippen LogP contribution in [0.15, 0.2) is 46.9 Å². The van der Waals surface area contributed by atoms with Crippen LogP contribution in [0.2, 0.25) is 0 Å². The summed E-state index contributed by atoms with van der Waals surface area (Å²) in [4.78, 5) is 12.1. The van der Waals surface area contributed by atoms with Crippen LogP contribution in [0.5, 0.6) is 5.75 Å². The SMILES string of the molecule is O=C(COc1ccc2c(c1)CCCC2)c1cccc(Br)c1. The Kier molecular flexibility index (Phi) is 4.39. The fourth-order valence-corrected chi connectivity index (χ4v) is 3.09. The predicted molar refractivity (Wildman–Crippen MR) is 87.1 cm³/mol. The van der Waals surface area contributed by atoms with E-state index in [1.54, 1.807) is 0 Å². The number of ketones is 1. The normalized spacial score (nSPS) is 13.6. The number of Topliss-reactive ketones (excluding diaryl/α,β-unsaturated/α-hetero) is 1. The minimum atomic E-state index is -0.00554. The van der Waals surface area contributed by atoms with Crippen LogP contribution in [0.1, 0.15) is 34.3 Å². The summed E-state index contributed by atoms with van der Waals surface area (Å²) < 4.78 is 6.57. The molecule has 0 aliphatic heterocycles. The van der Waals surface area contributed by atoms with Gasteiger partial charge in [0.25, 0.3) is 0 Å². The summed E-state index contributed by atoms with van der Waals surface area (Å²) in [5, 5.41) is 0. The Bertz CT molecular complexity index is 664. The van der Waals surface area contributed by atoms with E-state index in [-0.39, 0.29) is 12.4 Å². The molecule has 0 unspecified atom stereocenters. The predicted octanol–water partition coefficient (Wildman–Crippen LogP) is 4.59. The summed E-state index contributed by atoms with van der Waals surface area (Å²) >= 11 is 3.37. The van der Waals surface area contributed by atoms with Crippen molar-refractivity contribution in [1.82, 2.24) is 0 Å². The molecule has 0 N–H and O–H groups in total. The molecule has 21 heavy (non-hydrogen) atoms. The van der Waals surface area contributed by atoms with Gasteiger partial charge < -0.3 is 4.74 Å². The minimum absolute atomic E-state index is 0.00554. The third kappa shape index (κ3) is 3.53. The number of carbonyl (C=O) groups excluding carboxylic acids is 1. The number of rotatable bonds is 4. The van der Waals surface area contributed by atoms with Gasteiger partial charge in [-0.05, 0) is 61.1 Å². The first kappa shape index (κ1) is 14.3. The minimum Gasteiger partial charge on any atom is -0.485 e. The van der Waals surface area contributed by atoms with Crippen LogP contribution in [0, 0.1) is 0 Å². The van der Waals surface area contributed by atoms with Crippen LogP contribution in [-0.2, 0) is 12.8 Å². The molecule has 108 valence electrons. The van der Waals surface area contributed by atoms with Crippen molar-refractivity contribution >= 4 is 21.7 Å². The quantitative estimate of drug-likeness (QED) is 0.758. The lowest BCUT2D eigenvalue weighted by Gasteiger charge is -2.16. The van der Waals surface area contributed by atoms with Crippen molar-refractivity contribution in [3.8, 4) is 5.75 Å². The lowest BCUT2D eigenvalue weighted by molar-refractivity contribution is 0.0921. The Hall–Kier alpha value is -1.61. The van der Waals surface area contributed by atoms with Gasteiger partial charge in [0.1, 0.15) is 5.75 Å². The van der Waals surface area contributed by atoms with Gasteiger partial charge in [-0.2, -0.15) is 0 Å². The molecule has 0 spiro atoms. The topological polar surface area (TPSA) is 26.3 Å². The Morgan fingerprint density at radius 2 is 1.86 bits per heavy atom. The van der Waals surface area contributed by atoms with Crippen LogP contribution in [0.25, 0.3) is 0 Å². The molecule has 0 amide bonds. The molecule has 2 aromatic rings. The summed E-state index contributed by atoms with van der Waals surface area (Å²) in [7, 11) is 0. The number of fused-ring (bicyclic) bond motifs is 1. The maximum Gasteiger partial charge on any atom is 0.200 e. The third-order valence-electron chi connectivity index (χ3n) is 3.84. The van der Waals surface area contributed by atoms with E-state index >= 15 is 0 Å². The highest BCUT2D eigenvalue weighted by Gasteiger charge is 2.11. The first-order chi connectivity index (χ1) is 10.2. The molecule has 3 heteroatoms. The summed E-state index contributed by atoms with van der Waals surface area (Å²) in [5.41, 5.74) is 3.46. The second-order valence-corrected chi connectivity index (χ2v) is 6.28. The third-order valence-corrected chi connectivity index (χ3v) is 4.33. The number of aryl methyl sites for hydroxylation is 2. The van der Waals surface area contributed by atoms with E-state index in [0.29, 0.717) is 5.56 Å². The van der Waals surface area contributed by atoms with Gasteiger partial charge in [0.15, 0.2) is 12.4 Å². The largest absolute Gasteiger partial charge is 0.485 e. The second-order valence-electron chi connectivity index (χ2n) is 5.36. The number of benzene rings is 2. The first-order valence-electron chi connectivity index (χ1n) is 7.26. The molecule has 0 bridgehead atoms. The van der Waals surface area contributed by atoms with Gasteiger partial charge in [-0.1, -0.05) is 34.1 Å². The first-order valence-corrected chi connectivity index (χ1v) is 8.05. The average molecular weight is 345 g/mol. The van der Waals surface area contributed by atoms with Crippen molar-refractivity contribution in [3.63, 3.8) is 0 Å². The van der Waals surface area contributed by atoms with Crippen LogP contribution < -0.4 is 4.74 Å². The Morgan fingerprint density at radius 1 is 1.05 bits per heavy atom. The zero-order valence-corrected chi connectivity index (χ0v) is 13.4. The number of hydrogen-bond donors (Lipinski definition) is 0. The second kappa shape index (κ2) is 6.44. The van der Waals surface area contributed by atoms with Gasteiger partial charge in [-0.3, -0.25) is 4.79 Å². The Balaban J connectivity index is 1.66. The highest BCUT2D eigenvalue weighted by Crippen LogP contribution is 2.25. The molecule has 1 aliphatic carbocycles. The van der Waals surface area contributed by atoms with Gasteiger partial charge in [0.05, 0.1) is 0 Å². The van der Waals surface area contributed by atoms with Gasteiger partial charge in [-0.25, -0.2) is 0 Å². The molecule has 0 saturated heterocycles. The van der Waals surface area contributed by atoms with E-state index in [4.69, 9.17) is 4.74 Å². The van der Waals surface area contributed by atoms with Crippen molar-refractivity contribution in [1.29, 1.82) is 0 Å². The molecular weight excluding hydrogens is 328 g/mol. The van der Waals surface area contributed by atoms with Crippen LogP contribution in [-0.4, -0.2) is 12.4 Å². The Labute approximate surface area is 133 Å². The highest BCUT2D eigenvalue weighted by atomic mass is 79.9. The van der Waals surface area contributed by atoms with Crippen molar-refractivity contribution < 1.29 is 9.53 Å². The van der Waals surface area contributed by atoms with E-state index in [0.717, 1.165) is 23.1 Å². The molecule has 2 aromatic carbocycles. The highest BCUT2D eigenvalue weighted by molar-refractivity contribution is 9.10. The molecule has 0 fully saturated rings. The average Bonchev–Trinajstić information content (AvgIpc) is 2.52. The van der Waals surface area contributed by atoms with Crippen LogP contribution >= 0.6 is 15.9 Å². The van der Waals surface area contributed by atoms with E-state index in [2.05, 4.69) is 28.1 Å². The molecular formula is C18H17BrO2. The lowest BCUT2D eigenvalue weighted by Crippen LogP contribution is -2.12. The molecule has 0 aromatic heterocycles. The molecule has 2 nitrogen and oxygen atoms in total. The maximum atomic E-state index is 12.1. The summed E-state index contributed by atoms with van der Waals surface area (Å²) in [6, 6.07) is 13.6. The summed E-state index contributed by atoms with van der Waals surface area (Å²) in [6.07, 6.45) is 4.79. The van der Waals surface area contributed by atoms with Crippen LogP contribution in [0.3, 0.4) is 0 Å². The molecule has 0 saturated carbocycles. The van der Waals surface area contributed by atoms with Gasteiger partial charge in [0, 0.05) is 10.0 Å².